The molecule has 0 saturated carbocycles. The average Bonchev–Trinajstić information content (AvgIpc) is 2.84. The van der Waals surface area contributed by atoms with Gasteiger partial charge in [0.25, 0.3) is 0 Å². The Morgan fingerprint density at radius 1 is 0.879 bits per heavy atom. The summed E-state index contributed by atoms with van der Waals surface area (Å²) in [5.41, 5.74) is 5.28. The molecule has 0 amide bonds. The third-order valence-corrected chi connectivity index (χ3v) is 6.63. The molecule has 2 aliphatic rings. The summed E-state index contributed by atoms with van der Waals surface area (Å²) in [6.45, 7) is 9.87. The van der Waals surface area contributed by atoms with Crippen molar-refractivity contribution < 1.29 is 0 Å². The van der Waals surface area contributed by atoms with Crippen LogP contribution in [0.3, 0.4) is 0 Å². The highest BCUT2D eigenvalue weighted by molar-refractivity contribution is 5.66. The Labute approximate surface area is 195 Å². The summed E-state index contributed by atoms with van der Waals surface area (Å²) in [6, 6.07) is 6.10. The molecule has 5 rings (SSSR count). The minimum atomic E-state index is 0.285. The highest BCUT2D eigenvalue weighted by Gasteiger charge is 2.28. The van der Waals surface area contributed by atoms with E-state index in [0.717, 1.165) is 92.2 Å². The Balaban J connectivity index is 1.49. The van der Waals surface area contributed by atoms with Crippen molar-refractivity contribution in [2.45, 2.75) is 32.6 Å². The topological polar surface area (TPSA) is 74.2 Å². The van der Waals surface area contributed by atoms with Crippen LogP contribution < -0.4 is 9.80 Å². The van der Waals surface area contributed by atoms with E-state index in [2.05, 4.69) is 32.8 Å². The molecular weight excluding hydrogens is 412 g/mol. The lowest BCUT2D eigenvalue weighted by Gasteiger charge is -2.35. The third-order valence-electron chi connectivity index (χ3n) is 6.63. The van der Waals surface area contributed by atoms with Crippen molar-refractivity contribution in [3.63, 3.8) is 0 Å². The first-order valence-corrected chi connectivity index (χ1v) is 11.8. The van der Waals surface area contributed by atoms with Crippen LogP contribution >= 0.6 is 0 Å². The predicted octanol–water partition coefficient (Wildman–Crippen LogP) is 3.08. The molecule has 0 aliphatic carbocycles. The fourth-order valence-corrected chi connectivity index (χ4v) is 4.83. The smallest absolute Gasteiger partial charge is 0.225 e. The molecule has 172 valence electrons. The van der Waals surface area contributed by atoms with Crippen molar-refractivity contribution in [2.75, 3.05) is 56.1 Å². The molecule has 2 aliphatic heterocycles. The van der Waals surface area contributed by atoms with Crippen molar-refractivity contribution in [2.24, 2.45) is 0 Å². The van der Waals surface area contributed by atoms with Crippen LogP contribution in [0.4, 0.5) is 11.9 Å². The molecule has 0 bridgehead atoms. The zero-order valence-electron chi connectivity index (χ0n) is 19.8. The number of hydrogen-bond donors (Lipinski definition) is 0. The lowest BCUT2D eigenvalue weighted by molar-refractivity contribution is 0.311. The maximum absolute atomic E-state index is 5.19. The molecule has 2 fully saturated rings. The first-order chi connectivity index (χ1) is 16.1. The third kappa shape index (κ3) is 4.80. The van der Waals surface area contributed by atoms with Crippen LogP contribution in [0.1, 0.15) is 35.8 Å². The highest BCUT2D eigenvalue weighted by Crippen LogP contribution is 2.34. The van der Waals surface area contributed by atoms with Gasteiger partial charge in [-0.1, -0.05) is 6.07 Å². The largest absolute Gasteiger partial charge is 0.340 e. The van der Waals surface area contributed by atoms with Crippen LogP contribution in [0.5, 0.6) is 0 Å². The molecule has 8 heteroatoms. The number of piperidine rings is 1. The zero-order chi connectivity index (χ0) is 22.8. The minimum absolute atomic E-state index is 0.285. The summed E-state index contributed by atoms with van der Waals surface area (Å²) in [6.07, 6.45) is 7.89. The molecule has 1 unspecified atom stereocenters. The molecule has 0 radical (unpaired) electrons. The zero-order valence-corrected chi connectivity index (χ0v) is 19.8. The van der Waals surface area contributed by atoms with Crippen molar-refractivity contribution in [3.8, 4) is 11.1 Å². The fourth-order valence-electron chi connectivity index (χ4n) is 4.83. The van der Waals surface area contributed by atoms with E-state index in [1.807, 2.05) is 44.6 Å². The maximum atomic E-state index is 5.19. The van der Waals surface area contributed by atoms with Crippen LogP contribution in [-0.4, -0.2) is 76.1 Å². The van der Waals surface area contributed by atoms with Crippen molar-refractivity contribution in [3.05, 3.63) is 53.9 Å². The molecule has 5 heterocycles. The number of likely N-dealkylation sites (N-methyl/N-ethyl adjacent to an activating group) is 1. The van der Waals surface area contributed by atoms with E-state index in [9.17, 15) is 0 Å². The van der Waals surface area contributed by atoms with E-state index in [1.54, 1.807) is 0 Å². The van der Waals surface area contributed by atoms with E-state index in [4.69, 9.17) is 19.9 Å². The Morgan fingerprint density at radius 3 is 2.39 bits per heavy atom. The molecule has 2 saturated heterocycles. The lowest BCUT2D eigenvalue weighted by Crippen LogP contribution is -2.45. The summed E-state index contributed by atoms with van der Waals surface area (Å²) >= 11 is 0. The van der Waals surface area contributed by atoms with Crippen LogP contribution in [0.25, 0.3) is 11.1 Å². The minimum Gasteiger partial charge on any atom is -0.340 e. The SMILES string of the molecule is Cc1cc(C)nc(N2CCCC(c3nc(N4CCN(C)CC4)ncc3-c3cccnc3)C2)n1. The second kappa shape index (κ2) is 9.39. The van der Waals surface area contributed by atoms with E-state index in [-0.39, 0.29) is 5.92 Å². The van der Waals surface area contributed by atoms with Gasteiger partial charge in [-0.15, -0.1) is 0 Å². The molecule has 33 heavy (non-hydrogen) atoms. The summed E-state index contributed by atoms with van der Waals surface area (Å²) < 4.78 is 0. The van der Waals surface area contributed by atoms with Gasteiger partial charge in [0.2, 0.25) is 11.9 Å². The number of anilines is 2. The van der Waals surface area contributed by atoms with Gasteiger partial charge < -0.3 is 14.7 Å². The molecule has 1 atom stereocenters. The number of hydrogen-bond acceptors (Lipinski definition) is 8. The predicted molar refractivity (Wildman–Crippen MR) is 131 cm³/mol. The van der Waals surface area contributed by atoms with Crippen LogP contribution in [-0.2, 0) is 0 Å². The number of piperazine rings is 1. The van der Waals surface area contributed by atoms with Gasteiger partial charge in [0.15, 0.2) is 0 Å². The molecule has 0 spiro atoms. The number of aryl methyl sites for hydroxylation is 2. The van der Waals surface area contributed by atoms with Crippen molar-refractivity contribution in [1.82, 2.24) is 29.8 Å². The Kier molecular flexibility index (Phi) is 6.17. The van der Waals surface area contributed by atoms with E-state index in [0.29, 0.717) is 0 Å². The van der Waals surface area contributed by atoms with E-state index >= 15 is 0 Å². The number of nitrogens with zero attached hydrogens (tertiary/aromatic N) is 8. The van der Waals surface area contributed by atoms with E-state index in [1.165, 1.54) is 0 Å². The second-order valence-electron chi connectivity index (χ2n) is 9.24. The summed E-state index contributed by atoms with van der Waals surface area (Å²) in [4.78, 5) is 30.8. The summed E-state index contributed by atoms with van der Waals surface area (Å²) in [5.74, 6) is 1.95. The van der Waals surface area contributed by atoms with Gasteiger partial charge in [0.05, 0.1) is 5.69 Å². The molecule has 3 aromatic heterocycles. The number of rotatable bonds is 4. The molecule has 0 N–H and O–H groups in total. The Hall–Kier alpha value is -3.13. The standard InChI is InChI=1S/C25H32N8/c1-18-14-19(2)29-25(28-18)33-9-5-7-21(17-33)23-22(20-6-4-8-26-15-20)16-27-24(30-23)32-12-10-31(3)11-13-32/h4,6,8,14-16,21H,5,7,9-13,17H2,1-3H3. The van der Waals surface area contributed by atoms with Crippen LogP contribution in [0, 0.1) is 13.8 Å². The quantitative estimate of drug-likeness (QED) is 0.608. The van der Waals surface area contributed by atoms with Crippen molar-refractivity contribution >= 4 is 11.9 Å². The summed E-state index contributed by atoms with van der Waals surface area (Å²) in [7, 11) is 2.17. The molecule has 3 aromatic rings. The van der Waals surface area contributed by atoms with Gasteiger partial charge in [-0.3, -0.25) is 4.98 Å². The number of aromatic nitrogens is 5. The van der Waals surface area contributed by atoms with Crippen LogP contribution in [0.15, 0.2) is 36.8 Å². The van der Waals surface area contributed by atoms with Crippen LogP contribution in [0.2, 0.25) is 0 Å². The van der Waals surface area contributed by atoms with Gasteiger partial charge in [0.1, 0.15) is 0 Å². The summed E-state index contributed by atoms with van der Waals surface area (Å²) in [5, 5.41) is 0. The Bertz CT molecular complexity index is 1070. The number of pyridine rings is 1. The molecule has 0 aromatic carbocycles. The van der Waals surface area contributed by atoms with Gasteiger partial charge in [-0.2, -0.15) is 0 Å². The fraction of sp³-hybridized carbons (Fsp3) is 0.480. The van der Waals surface area contributed by atoms with Gasteiger partial charge in [-0.25, -0.2) is 19.9 Å². The highest BCUT2D eigenvalue weighted by atomic mass is 15.3. The average molecular weight is 445 g/mol. The Morgan fingerprint density at radius 2 is 1.67 bits per heavy atom. The van der Waals surface area contributed by atoms with Gasteiger partial charge >= 0.3 is 0 Å². The monoisotopic (exact) mass is 444 g/mol. The lowest BCUT2D eigenvalue weighted by atomic mass is 9.90. The van der Waals surface area contributed by atoms with Gasteiger partial charge in [0, 0.05) is 86.3 Å². The first-order valence-electron chi connectivity index (χ1n) is 11.8. The maximum Gasteiger partial charge on any atom is 0.225 e. The molecular formula is C25H32N8. The van der Waals surface area contributed by atoms with Crippen molar-refractivity contribution in [1.29, 1.82) is 0 Å². The normalized spacial score (nSPS) is 19.7. The van der Waals surface area contributed by atoms with Gasteiger partial charge in [-0.05, 0) is 45.9 Å². The van der Waals surface area contributed by atoms with E-state index < -0.39 is 0 Å². The molecule has 8 nitrogen and oxygen atoms in total. The first kappa shape index (κ1) is 21.7. The second-order valence-corrected chi connectivity index (χ2v) is 9.24.